The van der Waals surface area contributed by atoms with E-state index in [0.29, 0.717) is 5.92 Å². The van der Waals surface area contributed by atoms with E-state index in [1.807, 2.05) is 12.4 Å². The number of rotatable bonds is 2. The fraction of sp³-hybridized carbons (Fsp3) is 0.182. The van der Waals surface area contributed by atoms with Crippen LogP contribution in [0.1, 0.15) is 22.6 Å². The normalized spacial score (nSPS) is 17.3. The first-order valence-electron chi connectivity index (χ1n) is 8.91. The average Bonchev–Trinajstić information content (AvgIpc) is 3.11. The molecule has 0 radical (unpaired) electrons. The first-order chi connectivity index (χ1) is 12.8. The average molecular weight is 340 g/mol. The lowest BCUT2D eigenvalue weighted by molar-refractivity contribution is 0.295. The molecular formula is C22H20N4. The first kappa shape index (κ1) is 15.3. The number of aromatic nitrogens is 3. The van der Waals surface area contributed by atoms with Crippen molar-refractivity contribution in [3.05, 3.63) is 90.3 Å². The van der Waals surface area contributed by atoms with Crippen molar-refractivity contribution >= 4 is 5.52 Å². The van der Waals surface area contributed by atoms with Crippen LogP contribution in [0.5, 0.6) is 0 Å². The van der Waals surface area contributed by atoms with Gasteiger partial charge in [-0.05, 0) is 53.6 Å². The highest BCUT2D eigenvalue weighted by atomic mass is 15.1. The van der Waals surface area contributed by atoms with Gasteiger partial charge in [0.15, 0.2) is 0 Å². The Morgan fingerprint density at radius 3 is 2.73 bits per heavy atom. The summed E-state index contributed by atoms with van der Waals surface area (Å²) >= 11 is 0. The predicted molar refractivity (Wildman–Crippen MR) is 103 cm³/mol. The molecule has 0 saturated carbocycles. The van der Waals surface area contributed by atoms with Gasteiger partial charge in [-0.1, -0.05) is 18.2 Å². The van der Waals surface area contributed by atoms with Gasteiger partial charge < -0.3 is 9.30 Å². The molecule has 4 heteroatoms. The third-order valence-corrected chi connectivity index (χ3v) is 5.27. The molecule has 0 spiro atoms. The minimum atomic E-state index is 0.393. The molecule has 26 heavy (non-hydrogen) atoms. The van der Waals surface area contributed by atoms with Crippen molar-refractivity contribution in [2.75, 3.05) is 13.6 Å². The van der Waals surface area contributed by atoms with Crippen molar-refractivity contribution in [2.45, 2.75) is 12.5 Å². The lowest BCUT2D eigenvalue weighted by atomic mass is 9.84. The Morgan fingerprint density at radius 2 is 1.88 bits per heavy atom. The maximum Gasteiger partial charge on any atom is 0.115 e. The van der Waals surface area contributed by atoms with Crippen LogP contribution in [0.2, 0.25) is 0 Å². The number of hydrogen-bond acceptors (Lipinski definition) is 3. The molecule has 4 nitrogen and oxygen atoms in total. The second-order valence-corrected chi connectivity index (χ2v) is 7.10. The molecule has 0 N–H and O–H groups in total. The summed E-state index contributed by atoms with van der Waals surface area (Å²) in [4.78, 5) is 10.7. The first-order valence-corrected chi connectivity index (χ1v) is 8.91. The zero-order chi connectivity index (χ0) is 17.5. The van der Waals surface area contributed by atoms with E-state index in [0.717, 1.165) is 18.7 Å². The highest BCUT2D eigenvalue weighted by Gasteiger charge is 2.26. The number of benzene rings is 1. The summed E-state index contributed by atoms with van der Waals surface area (Å²) in [7, 11) is 2.20. The smallest absolute Gasteiger partial charge is 0.115 e. The summed E-state index contributed by atoms with van der Waals surface area (Å²) in [6.45, 7) is 2.01. The van der Waals surface area contributed by atoms with Crippen LogP contribution in [0.4, 0.5) is 0 Å². The largest absolute Gasteiger partial charge is 0.324 e. The topological polar surface area (TPSA) is 33.4 Å². The summed E-state index contributed by atoms with van der Waals surface area (Å²) in [6.07, 6.45) is 9.70. The Hall–Kier alpha value is -2.98. The Labute approximate surface area is 152 Å². The van der Waals surface area contributed by atoms with Crippen molar-refractivity contribution in [3.63, 3.8) is 0 Å². The highest BCUT2D eigenvalue weighted by molar-refractivity contribution is 5.64. The van der Waals surface area contributed by atoms with Crippen LogP contribution < -0.4 is 0 Å². The molecule has 1 aliphatic heterocycles. The van der Waals surface area contributed by atoms with Gasteiger partial charge in [0.1, 0.15) is 6.33 Å². The Kier molecular flexibility index (Phi) is 3.57. The molecule has 0 aliphatic carbocycles. The summed E-state index contributed by atoms with van der Waals surface area (Å²) in [5.74, 6) is 0.393. The minimum Gasteiger partial charge on any atom is -0.324 e. The molecule has 5 rings (SSSR count). The third kappa shape index (κ3) is 2.59. The maximum atomic E-state index is 4.15. The number of nitrogens with zero attached hydrogens (tertiary/aromatic N) is 4. The molecular weight excluding hydrogens is 320 g/mol. The van der Waals surface area contributed by atoms with Gasteiger partial charge in [-0.25, -0.2) is 9.97 Å². The molecule has 1 atom stereocenters. The van der Waals surface area contributed by atoms with Crippen molar-refractivity contribution in [1.29, 1.82) is 0 Å². The van der Waals surface area contributed by atoms with E-state index in [9.17, 15) is 0 Å². The summed E-state index contributed by atoms with van der Waals surface area (Å²) < 4.78 is 2.21. The van der Waals surface area contributed by atoms with Crippen LogP contribution >= 0.6 is 0 Å². The highest BCUT2D eigenvalue weighted by Crippen LogP contribution is 2.36. The van der Waals surface area contributed by atoms with E-state index in [1.54, 1.807) is 6.33 Å². The van der Waals surface area contributed by atoms with Crippen LogP contribution in [0, 0.1) is 0 Å². The molecule has 4 aromatic rings. The van der Waals surface area contributed by atoms with Gasteiger partial charge in [-0.2, -0.15) is 0 Å². The van der Waals surface area contributed by atoms with E-state index < -0.39 is 0 Å². The molecule has 0 amide bonds. The Balaban J connectivity index is 1.59. The maximum absolute atomic E-state index is 4.15. The zero-order valence-corrected chi connectivity index (χ0v) is 14.7. The van der Waals surface area contributed by atoms with Crippen LogP contribution in [0.25, 0.3) is 16.6 Å². The molecule has 0 saturated heterocycles. The Bertz CT molecular complexity index is 1030. The standard InChI is InChI=1S/C22H20N4/c1-25-12-17-8-16(19-10-23-15-24-11-19)5-6-21(17)22(14-25)18-9-20-4-2-3-7-26(20)13-18/h2-11,13,15,22H,12,14H2,1H3. The number of pyridine rings is 1. The molecule has 1 aliphatic rings. The molecule has 0 bridgehead atoms. The summed E-state index contributed by atoms with van der Waals surface area (Å²) in [6, 6.07) is 15.4. The van der Waals surface area contributed by atoms with E-state index in [-0.39, 0.29) is 0 Å². The summed E-state index contributed by atoms with van der Waals surface area (Å²) in [5.41, 5.74) is 7.69. The minimum absolute atomic E-state index is 0.393. The lowest BCUT2D eigenvalue weighted by Gasteiger charge is -2.32. The number of hydrogen-bond donors (Lipinski definition) is 0. The molecule has 0 fully saturated rings. The molecule has 128 valence electrons. The number of likely N-dealkylation sites (N-methyl/N-ethyl adjacent to an activating group) is 1. The van der Waals surface area contributed by atoms with Gasteiger partial charge in [0.2, 0.25) is 0 Å². The molecule has 1 unspecified atom stereocenters. The predicted octanol–water partition coefficient (Wildman–Crippen LogP) is 3.97. The van der Waals surface area contributed by atoms with E-state index in [2.05, 4.69) is 81.2 Å². The van der Waals surface area contributed by atoms with Gasteiger partial charge in [0, 0.05) is 54.9 Å². The van der Waals surface area contributed by atoms with Crippen LogP contribution in [-0.4, -0.2) is 32.9 Å². The van der Waals surface area contributed by atoms with Gasteiger partial charge in [0.25, 0.3) is 0 Å². The zero-order valence-electron chi connectivity index (χ0n) is 14.7. The van der Waals surface area contributed by atoms with Gasteiger partial charge in [0.05, 0.1) is 0 Å². The van der Waals surface area contributed by atoms with Gasteiger partial charge >= 0.3 is 0 Å². The van der Waals surface area contributed by atoms with Crippen molar-refractivity contribution < 1.29 is 0 Å². The van der Waals surface area contributed by atoms with Gasteiger partial charge in [-0.3, -0.25) is 0 Å². The second kappa shape index (κ2) is 6.07. The lowest BCUT2D eigenvalue weighted by Crippen LogP contribution is -2.30. The van der Waals surface area contributed by atoms with Crippen molar-refractivity contribution in [3.8, 4) is 11.1 Å². The summed E-state index contributed by atoms with van der Waals surface area (Å²) in [5, 5.41) is 0. The number of fused-ring (bicyclic) bond motifs is 2. The van der Waals surface area contributed by atoms with E-state index in [4.69, 9.17) is 0 Å². The van der Waals surface area contributed by atoms with Crippen LogP contribution in [-0.2, 0) is 6.54 Å². The quantitative estimate of drug-likeness (QED) is 0.553. The molecule has 4 heterocycles. The van der Waals surface area contributed by atoms with Crippen molar-refractivity contribution in [1.82, 2.24) is 19.3 Å². The molecule has 3 aromatic heterocycles. The van der Waals surface area contributed by atoms with Gasteiger partial charge in [-0.15, -0.1) is 0 Å². The second-order valence-electron chi connectivity index (χ2n) is 7.10. The van der Waals surface area contributed by atoms with Crippen molar-refractivity contribution in [2.24, 2.45) is 0 Å². The van der Waals surface area contributed by atoms with Crippen LogP contribution in [0.3, 0.4) is 0 Å². The fourth-order valence-corrected chi connectivity index (χ4v) is 4.03. The SMILES string of the molecule is CN1Cc2cc(-c3cncnc3)ccc2C(c2cc3ccccn3c2)C1. The monoisotopic (exact) mass is 340 g/mol. The van der Waals surface area contributed by atoms with E-state index >= 15 is 0 Å². The third-order valence-electron chi connectivity index (χ3n) is 5.27. The van der Waals surface area contributed by atoms with E-state index in [1.165, 1.54) is 27.8 Å². The van der Waals surface area contributed by atoms with Crippen LogP contribution in [0.15, 0.2) is 73.6 Å². The fourth-order valence-electron chi connectivity index (χ4n) is 4.03. The Morgan fingerprint density at radius 1 is 1.00 bits per heavy atom. The molecule has 1 aromatic carbocycles.